The van der Waals surface area contributed by atoms with E-state index in [0.717, 1.165) is 35.3 Å². The first kappa shape index (κ1) is 25.5. The number of fused-ring (bicyclic) bond motifs is 1. The highest BCUT2D eigenvalue weighted by atomic mass is 35.5. The molecule has 3 aromatic rings. The molecule has 0 saturated carbocycles. The Hall–Kier alpha value is -2.56. The van der Waals surface area contributed by atoms with E-state index in [1.807, 2.05) is 11.5 Å². The number of nitrogens with zero attached hydrogens (tertiary/aromatic N) is 3. The van der Waals surface area contributed by atoms with Crippen molar-refractivity contribution < 1.29 is 19.1 Å². The quantitative estimate of drug-likeness (QED) is 0.308. The summed E-state index contributed by atoms with van der Waals surface area (Å²) in [5.74, 6) is 1.29. The zero-order valence-corrected chi connectivity index (χ0v) is 22.4. The summed E-state index contributed by atoms with van der Waals surface area (Å²) in [5, 5.41) is 13.3. The number of hydrogen-bond acceptors (Lipinski definition) is 8. The van der Waals surface area contributed by atoms with E-state index in [4.69, 9.17) is 21.1 Å². The molecule has 1 N–H and O–H groups in total. The van der Waals surface area contributed by atoms with Gasteiger partial charge in [-0.1, -0.05) is 30.3 Å². The number of ether oxygens (including phenoxy) is 2. The maximum absolute atomic E-state index is 12.9. The molecule has 1 unspecified atom stereocenters. The number of halogens is 1. The molecular weight excluding hydrogens is 508 g/mol. The van der Waals surface area contributed by atoms with E-state index < -0.39 is 5.97 Å². The number of amides is 1. The second kappa shape index (κ2) is 11.0. The molecule has 0 aliphatic heterocycles. The summed E-state index contributed by atoms with van der Waals surface area (Å²) in [4.78, 5) is 26.5. The molecule has 186 valence electrons. The number of methoxy groups -OCH3 is 2. The summed E-state index contributed by atoms with van der Waals surface area (Å²) in [7, 11) is 2.95. The minimum atomic E-state index is -0.411. The smallest absolute Gasteiger partial charge is 0.341 e. The molecule has 0 radical (unpaired) electrons. The van der Waals surface area contributed by atoms with Crippen LogP contribution in [0.25, 0.3) is 11.4 Å². The minimum Gasteiger partial charge on any atom is -0.496 e. The Morgan fingerprint density at radius 1 is 1.31 bits per heavy atom. The maximum Gasteiger partial charge on any atom is 0.341 e. The van der Waals surface area contributed by atoms with Crippen molar-refractivity contribution in [3.63, 3.8) is 0 Å². The second-order valence-electron chi connectivity index (χ2n) is 8.28. The van der Waals surface area contributed by atoms with E-state index in [1.165, 1.54) is 30.2 Å². The van der Waals surface area contributed by atoms with Crippen LogP contribution in [0.15, 0.2) is 23.4 Å². The van der Waals surface area contributed by atoms with Crippen molar-refractivity contribution in [2.45, 2.75) is 44.8 Å². The number of benzene rings is 1. The molecule has 4 rings (SSSR count). The third-order valence-corrected chi connectivity index (χ3v) is 8.29. The number of carbonyl (C=O) groups excluding carboxylic acids is 2. The van der Waals surface area contributed by atoms with Crippen molar-refractivity contribution in [1.29, 1.82) is 0 Å². The van der Waals surface area contributed by atoms with Crippen LogP contribution in [0.1, 0.15) is 41.1 Å². The fourth-order valence-electron chi connectivity index (χ4n) is 4.18. The summed E-state index contributed by atoms with van der Waals surface area (Å²) in [6, 6.07) is 5.32. The van der Waals surface area contributed by atoms with Gasteiger partial charge in [-0.3, -0.25) is 4.79 Å². The lowest BCUT2D eigenvalue weighted by Crippen LogP contribution is -2.17. The van der Waals surface area contributed by atoms with E-state index in [1.54, 1.807) is 25.3 Å². The fourth-order valence-corrected chi connectivity index (χ4v) is 6.57. The number of nitrogens with one attached hydrogen (secondary N) is 1. The highest BCUT2D eigenvalue weighted by Crippen LogP contribution is 2.40. The highest BCUT2D eigenvalue weighted by molar-refractivity contribution is 7.99. The van der Waals surface area contributed by atoms with E-state index in [-0.39, 0.29) is 11.7 Å². The molecule has 0 spiro atoms. The lowest BCUT2D eigenvalue weighted by Gasteiger charge is -2.18. The molecule has 35 heavy (non-hydrogen) atoms. The lowest BCUT2D eigenvalue weighted by molar-refractivity contribution is -0.113. The monoisotopic (exact) mass is 534 g/mol. The van der Waals surface area contributed by atoms with Gasteiger partial charge in [0.25, 0.3) is 0 Å². The van der Waals surface area contributed by atoms with Gasteiger partial charge in [-0.15, -0.1) is 21.5 Å². The Kier molecular flexibility index (Phi) is 8.03. The van der Waals surface area contributed by atoms with Gasteiger partial charge in [0.15, 0.2) is 11.0 Å². The molecule has 1 aromatic carbocycles. The van der Waals surface area contributed by atoms with Gasteiger partial charge in [0.2, 0.25) is 5.91 Å². The number of aromatic nitrogens is 3. The summed E-state index contributed by atoms with van der Waals surface area (Å²) >= 11 is 8.95. The lowest BCUT2D eigenvalue weighted by atomic mass is 9.88. The van der Waals surface area contributed by atoms with Crippen molar-refractivity contribution in [1.82, 2.24) is 14.8 Å². The van der Waals surface area contributed by atoms with Gasteiger partial charge in [0, 0.05) is 16.4 Å². The zero-order valence-electron chi connectivity index (χ0n) is 20.0. The number of esters is 1. The molecule has 8 nitrogen and oxygen atoms in total. The minimum absolute atomic E-state index is 0.115. The van der Waals surface area contributed by atoms with Gasteiger partial charge < -0.3 is 19.4 Å². The predicted octanol–water partition coefficient (Wildman–Crippen LogP) is 5.33. The number of thiophene rings is 1. The van der Waals surface area contributed by atoms with Gasteiger partial charge in [-0.2, -0.15) is 0 Å². The maximum atomic E-state index is 12.9. The van der Waals surface area contributed by atoms with Crippen molar-refractivity contribution >= 4 is 51.6 Å². The van der Waals surface area contributed by atoms with Gasteiger partial charge >= 0.3 is 5.97 Å². The largest absolute Gasteiger partial charge is 0.496 e. The molecule has 1 aliphatic rings. The molecule has 2 aromatic heterocycles. The highest BCUT2D eigenvalue weighted by Gasteiger charge is 2.29. The Bertz CT molecular complexity index is 1260. The molecule has 0 bridgehead atoms. The summed E-state index contributed by atoms with van der Waals surface area (Å²) < 4.78 is 12.4. The van der Waals surface area contributed by atoms with Crippen LogP contribution in [0.4, 0.5) is 5.00 Å². The molecule has 2 heterocycles. The number of thioether (sulfide) groups is 1. The Labute approximate surface area is 217 Å². The SMILES string of the molecule is CCn1c(SCC(=O)Nc2sc3c(c2C(=O)OC)CCC(C)C3)nnc1-c1cc(Cl)ccc1OC. The van der Waals surface area contributed by atoms with Crippen molar-refractivity contribution in [2.24, 2.45) is 5.92 Å². The molecule has 0 saturated heterocycles. The third-order valence-electron chi connectivity index (χ3n) is 5.92. The molecular formula is C24H27ClN4O4S2. The van der Waals surface area contributed by atoms with E-state index in [9.17, 15) is 9.59 Å². The van der Waals surface area contributed by atoms with Gasteiger partial charge in [-0.25, -0.2) is 4.79 Å². The van der Waals surface area contributed by atoms with Crippen LogP contribution in [-0.2, 0) is 28.9 Å². The molecule has 11 heteroatoms. The van der Waals surface area contributed by atoms with Crippen LogP contribution < -0.4 is 10.1 Å². The number of carbonyl (C=O) groups is 2. The topological polar surface area (TPSA) is 95.3 Å². The molecule has 1 atom stereocenters. The summed E-state index contributed by atoms with van der Waals surface area (Å²) in [5.41, 5.74) is 2.23. The van der Waals surface area contributed by atoms with E-state index in [0.29, 0.717) is 44.8 Å². The third kappa shape index (κ3) is 5.34. The van der Waals surface area contributed by atoms with Gasteiger partial charge in [-0.05, 0) is 55.9 Å². The van der Waals surface area contributed by atoms with Crippen molar-refractivity contribution in [2.75, 3.05) is 25.3 Å². The van der Waals surface area contributed by atoms with Crippen molar-refractivity contribution in [3.05, 3.63) is 39.2 Å². The predicted molar refractivity (Wildman–Crippen MR) is 139 cm³/mol. The number of rotatable bonds is 8. The van der Waals surface area contributed by atoms with Crippen LogP contribution in [0.2, 0.25) is 5.02 Å². The molecule has 1 amide bonds. The van der Waals surface area contributed by atoms with Gasteiger partial charge in [0.05, 0.1) is 31.1 Å². The number of anilines is 1. The molecule has 1 aliphatic carbocycles. The average Bonchev–Trinajstić information content (AvgIpc) is 3.42. The average molecular weight is 535 g/mol. The van der Waals surface area contributed by atoms with Crippen LogP contribution in [-0.4, -0.2) is 46.6 Å². The Morgan fingerprint density at radius 3 is 2.83 bits per heavy atom. The first-order valence-electron chi connectivity index (χ1n) is 11.3. The molecule has 0 fully saturated rings. The second-order valence-corrected chi connectivity index (χ2v) is 10.8. The first-order valence-corrected chi connectivity index (χ1v) is 13.5. The summed E-state index contributed by atoms with van der Waals surface area (Å²) in [6.07, 6.45) is 2.74. The van der Waals surface area contributed by atoms with Crippen molar-refractivity contribution in [3.8, 4) is 17.1 Å². The Balaban J connectivity index is 1.52. The Morgan fingerprint density at radius 2 is 2.11 bits per heavy atom. The van der Waals surface area contributed by atoms with Crippen LogP contribution in [0.3, 0.4) is 0 Å². The van der Waals surface area contributed by atoms with E-state index in [2.05, 4.69) is 22.4 Å². The summed E-state index contributed by atoms with van der Waals surface area (Å²) in [6.45, 7) is 4.78. The van der Waals surface area contributed by atoms with Crippen LogP contribution >= 0.6 is 34.7 Å². The number of hydrogen-bond donors (Lipinski definition) is 1. The van der Waals surface area contributed by atoms with Crippen LogP contribution in [0, 0.1) is 5.92 Å². The normalized spacial score (nSPS) is 14.9. The fraction of sp³-hybridized carbons (Fsp3) is 0.417. The standard InChI is InChI=1S/C24H27ClN4O4S2/c1-5-29-21(16-11-14(25)7-9-17(16)32-3)27-28-24(29)34-12-19(30)26-22-20(23(31)33-4)15-8-6-13(2)10-18(15)35-22/h7,9,11,13H,5-6,8,10,12H2,1-4H3,(H,26,30). The van der Waals surface area contributed by atoms with E-state index >= 15 is 0 Å². The van der Waals surface area contributed by atoms with Crippen LogP contribution in [0.5, 0.6) is 5.75 Å². The first-order chi connectivity index (χ1) is 16.9. The van der Waals surface area contributed by atoms with Gasteiger partial charge in [0.1, 0.15) is 10.8 Å². The zero-order chi connectivity index (χ0) is 25.1.